The third kappa shape index (κ3) is 5.34. The minimum absolute atomic E-state index is 0.00128. The van der Waals surface area contributed by atoms with Gasteiger partial charge in [0.25, 0.3) is 11.8 Å². The molecular weight excluding hydrogens is 464 g/mol. The van der Waals surface area contributed by atoms with E-state index in [1.807, 2.05) is 36.4 Å². The highest BCUT2D eigenvalue weighted by molar-refractivity contribution is 9.10. The summed E-state index contributed by atoms with van der Waals surface area (Å²) in [5.74, 6) is -0.364. The summed E-state index contributed by atoms with van der Waals surface area (Å²) < 4.78 is 6.76. The molecule has 0 atom stereocenters. The molecule has 0 unspecified atom stereocenters. The summed E-state index contributed by atoms with van der Waals surface area (Å²) in [6.07, 6.45) is 5.95. The molecule has 1 aliphatic rings. The van der Waals surface area contributed by atoms with E-state index in [0.717, 1.165) is 23.7 Å². The standard InChI is InChI=1S/C23H23BrN2O3S/c1-2-3-4-8-13-29-20-12-11-17(24)14-16(20)15-19-21(27)25-23(30)26(22(19)28)18-9-6-5-7-10-18/h5-7,9-12,14-15H,2-4,8,13H2,1H3,(H,25,27,30)/b19-15-. The largest absolute Gasteiger partial charge is 0.493 e. The Kier molecular flexibility index (Phi) is 7.76. The number of nitrogens with one attached hydrogen (secondary N) is 1. The third-order valence-corrected chi connectivity index (χ3v) is 5.42. The summed E-state index contributed by atoms with van der Waals surface area (Å²) in [6, 6.07) is 14.5. The summed E-state index contributed by atoms with van der Waals surface area (Å²) >= 11 is 8.68. The molecule has 1 heterocycles. The van der Waals surface area contributed by atoms with Crippen LogP contribution in [0.4, 0.5) is 5.69 Å². The number of halogens is 1. The summed E-state index contributed by atoms with van der Waals surface area (Å²) in [5.41, 5.74) is 1.25. The fourth-order valence-corrected chi connectivity index (χ4v) is 3.76. The molecule has 0 aromatic heterocycles. The van der Waals surface area contributed by atoms with Gasteiger partial charge in [0.15, 0.2) is 5.11 Å². The van der Waals surface area contributed by atoms with Crippen molar-refractivity contribution >= 4 is 56.8 Å². The minimum atomic E-state index is -0.522. The molecule has 5 nitrogen and oxygen atoms in total. The number of nitrogens with zero attached hydrogens (tertiary/aromatic N) is 1. The second-order valence-electron chi connectivity index (χ2n) is 6.88. The van der Waals surface area contributed by atoms with E-state index < -0.39 is 11.8 Å². The fourth-order valence-electron chi connectivity index (χ4n) is 3.10. The van der Waals surface area contributed by atoms with Crippen LogP contribution in [-0.4, -0.2) is 23.5 Å². The van der Waals surface area contributed by atoms with E-state index in [1.54, 1.807) is 18.2 Å². The van der Waals surface area contributed by atoms with E-state index in [2.05, 4.69) is 28.2 Å². The summed E-state index contributed by atoms with van der Waals surface area (Å²) in [6.45, 7) is 2.74. The van der Waals surface area contributed by atoms with Crippen molar-refractivity contribution in [2.24, 2.45) is 0 Å². The lowest BCUT2D eigenvalue weighted by atomic mass is 10.1. The molecule has 0 spiro atoms. The minimum Gasteiger partial charge on any atom is -0.493 e. The van der Waals surface area contributed by atoms with Gasteiger partial charge in [-0.3, -0.25) is 19.8 Å². The van der Waals surface area contributed by atoms with Gasteiger partial charge >= 0.3 is 0 Å². The molecule has 2 amide bonds. The van der Waals surface area contributed by atoms with Crippen molar-refractivity contribution < 1.29 is 14.3 Å². The number of hydrogen-bond acceptors (Lipinski definition) is 4. The molecule has 7 heteroatoms. The maximum absolute atomic E-state index is 13.1. The summed E-state index contributed by atoms with van der Waals surface area (Å²) in [4.78, 5) is 27.0. The molecule has 1 aliphatic heterocycles. The molecular formula is C23H23BrN2O3S. The number of thiocarbonyl (C=S) groups is 1. The Labute approximate surface area is 190 Å². The van der Waals surface area contributed by atoms with Crippen molar-refractivity contribution in [1.82, 2.24) is 5.32 Å². The number of carbonyl (C=O) groups is 2. The molecule has 30 heavy (non-hydrogen) atoms. The van der Waals surface area contributed by atoms with Crippen LogP contribution >= 0.6 is 28.1 Å². The third-order valence-electron chi connectivity index (χ3n) is 4.64. The van der Waals surface area contributed by atoms with E-state index in [-0.39, 0.29) is 10.7 Å². The Morgan fingerprint density at radius 1 is 1.10 bits per heavy atom. The van der Waals surface area contributed by atoms with Crippen molar-refractivity contribution in [2.75, 3.05) is 11.5 Å². The molecule has 1 N–H and O–H groups in total. The summed E-state index contributed by atoms with van der Waals surface area (Å²) in [7, 11) is 0. The number of benzene rings is 2. The molecule has 0 aliphatic carbocycles. The van der Waals surface area contributed by atoms with Gasteiger partial charge in [0, 0.05) is 10.0 Å². The van der Waals surface area contributed by atoms with Crippen molar-refractivity contribution in [2.45, 2.75) is 32.6 Å². The maximum Gasteiger partial charge on any atom is 0.270 e. The number of amides is 2. The first-order valence-corrected chi connectivity index (χ1v) is 11.1. The van der Waals surface area contributed by atoms with Crippen LogP contribution in [0.25, 0.3) is 6.08 Å². The van der Waals surface area contributed by atoms with Gasteiger partial charge in [-0.05, 0) is 55.0 Å². The van der Waals surface area contributed by atoms with Gasteiger partial charge < -0.3 is 4.74 Å². The number of para-hydroxylation sites is 1. The highest BCUT2D eigenvalue weighted by Gasteiger charge is 2.34. The second kappa shape index (κ2) is 10.5. The SMILES string of the molecule is CCCCCCOc1ccc(Br)cc1/C=C1/C(=O)NC(=S)N(c2ccccc2)C1=O. The van der Waals surface area contributed by atoms with Crippen molar-refractivity contribution in [3.63, 3.8) is 0 Å². The van der Waals surface area contributed by atoms with Gasteiger partial charge in [-0.15, -0.1) is 0 Å². The quantitative estimate of drug-likeness (QED) is 0.240. The molecule has 2 aromatic rings. The van der Waals surface area contributed by atoms with Gasteiger partial charge in [0.2, 0.25) is 0 Å². The van der Waals surface area contributed by atoms with Crippen LogP contribution in [0.1, 0.15) is 38.2 Å². The zero-order valence-electron chi connectivity index (χ0n) is 16.7. The van der Waals surface area contributed by atoms with Crippen molar-refractivity contribution in [1.29, 1.82) is 0 Å². The number of hydrogen-bond donors (Lipinski definition) is 1. The van der Waals surface area contributed by atoms with Gasteiger partial charge in [0.1, 0.15) is 11.3 Å². The summed E-state index contributed by atoms with van der Waals surface area (Å²) in [5, 5.41) is 2.67. The zero-order chi connectivity index (χ0) is 21.5. The van der Waals surface area contributed by atoms with Crippen LogP contribution in [0.5, 0.6) is 5.75 Å². The first-order chi connectivity index (χ1) is 14.5. The highest BCUT2D eigenvalue weighted by atomic mass is 79.9. The maximum atomic E-state index is 13.1. The predicted octanol–water partition coefficient (Wildman–Crippen LogP) is 5.24. The monoisotopic (exact) mass is 486 g/mol. The lowest BCUT2D eigenvalue weighted by molar-refractivity contribution is -0.122. The second-order valence-corrected chi connectivity index (χ2v) is 8.19. The van der Waals surface area contributed by atoms with E-state index in [4.69, 9.17) is 17.0 Å². The first kappa shape index (κ1) is 22.2. The molecule has 1 saturated heterocycles. The van der Waals surface area contributed by atoms with Crippen LogP contribution in [-0.2, 0) is 9.59 Å². The van der Waals surface area contributed by atoms with Gasteiger partial charge in [-0.2, -0.15) is 0 Å². The van der Waals surface area contributed by atoms with E-state index in [0.29, 0.717) is 23.6 Å². The fraction of sp³-hybridized carbons (Fsp3) is 0.261. The number of rotatable bonds is 8. The Morgan fingerprint density at radius 2 is 1.87 bits per heavy atom. The van der Waals surface area contributed by atoms with E-state index in [1.165, 1.54) is 11.3 Å². The number of ether oxygens (including phenoxy) is 1. The first-order valence-electron chi connectivity index (χ1n) is 9.90. The van der Waals surface area contributed by atoms with Crippen molar-refractivity contribution in [3.05, 3.63) is 64.1 Å². The van der Waals surface area contributed by atoms with Crippen molar-refractivity contribution in [3.8, 4) is 5.75 Å². The zero-order valence-corrected chi connectivity index (χ0v) is 19.1. The molecule has 156 valence electrons. The number of anilines is 1. The molecule has 3 rings (SSSR count). The average Bonchev–Trinajstić information content (AvgIpc) is 2.73. The molecule has 1 fully saturated rings. The normalized spacial score (nSPS) is 15.5. The van der Waals surface area contributed by atoms with Gasteiger partial charge in [-0.25, -0.2) is 0 Å². The predicted molar refractivity (Wildman–Crippen MR) is 126 cm³/mol. The molecule has 2 aromatic carbocycles. The van der Waals surface area contributed by atoms with Crippen LogP contribution in [0, 0.1) is 0 Å². The lowest BCUT2D eigenvalue weighted by Gasteiger charge is -2.29. The van der Waals surface area contributed by atoms with E-state index in [9.17, 15) is 9.59 Å². The average molecular weight is 487 g/mol. The number of carbonyl (C=O) groups excluding carboxylic acids is 2. The topological polar surface area (TPSA) is 58.6 Å². The molecule has 0 radical (unpaired) electrons. The molecule has 0 bridgehead atoms. The van der Waals surface area contributed by atoms with Gasteiger partial charge in [0.05, 0.1) is 12.3 Å². The Hall–Kier alpha value is -2.51. The van der Waals surface area contributed by atoms with Crippen LogP contribution in [0.15, 0.2) is 58.6 Å². The highest BCUT2D eigenvalue weighted by Crippen LogP contribution is 2.28. The Bertz CT molecular complexity index is 976. The number of unbranched alkanes of at least 4 members (excludes halogenated alkanes) is 3. The Balaban J connectivity index is 1.89. The van der Waals surface area contributed by atoms with E-state index >= 15 is 0 Å². The molecule has 0 saturated carbocycles. The smallest absolute Gasteiger partial charge is 0.270 e. The van der Waals surface area contributed by atoms with Crippen LogP contribution < -0.4 is 15.0 Å². The lowest BCUT2D eigenvalue weighted by Crippen LogP contribution is -2.54. The Morgan fingerprint density at radius 3 is 2.60 bits per heavy atom. The van der Waals surface area contributed by atoms with Gasteiger partial charge in [-0.1, -0.05) is 60.3 Å². The van der Waals surface area contributed by atoms with Crippen LogP contribution in [0.3, 0.4) is 0 Å². The van der Waals surface area contributed by atoms with Crippen LogP contribution in [0.2, 0.25) is 0 Å².